The zero-order valence-corrected chi connectivity index (χ0v) is 10.5. The van der Waals surface area contributed by atoms with E-state index in [0.29, 0.717) is 24.0 Å². The van der Waals surface area contributed by atoms with E-state index in [9.17, 15) is 4.79 Å². The lowest BCUT2D eigenvalue weighted by Gasteiger charge is -2.20. The first-order valence-corrected chi connectivity index (χ1v) is 5.56. The van der Waals surface area contributed by atoms with Gasteiger partial charge in [-0.1, -0.05) is 6.07 Å². The Hall–Kier alpha value is -1.75. The number of rotatable bonds is 4. The van der Waals surface area contributed by atoms with Gasteiger partial charge in [-0.2, -0.15) is 0 Å². The summed E-state index contributed by atoms with van der Waals surface area (Å²) in [5, 5.41) is 5.53. The van der Waals surface area contributed by atoms with Gasteiger partial charge in [0.25, 0.3) is 0 Å². The number of benzene rings is 1. The number of nitrogens with one attached hydrogen (secondary N) is 2. The van der Waals surface area contributed by atoms with E-state index in [1.165, 1.54) is 0 Å². The Kier molecular flexibility index (Phi) is 4.78. The molecule has 0 aromatic heterocycles. The second kappa shape index (κ2) is 6.10. The molecule has 0 saturated carbocycles. The molecule has 0 heterocycles. The maximum Gasteiger partial charge on any atom is 0.319 e. The number of carbonyl (C=O) groups is 1. The van der Waals surface area contributed by atoms with Gasteiger partial charge in [0.1, 0.15) is 0 Å². The van der Waals surface area contributed by atoms with Gasteiger partial charge in [0.05, 0.1) is 0 Å². The van der Waals surface area contributed by atoms with E-state index in [2.05, 4.69) is 10.6 Å². The first kappa shape index (κ1) is 13.3. The number of nitrogens with two attached hydrogens (primary N) is 1. The minimum absolute atomic E-state index is 0.218. The van der Waals surface area contributed by atoms with Crippen molar-refractivity contribution in [3.8, 4) is 0 Å². The van der Waals surface area contributed by atoms with Crippen LogP contribution in [0.15, 0.2) is 24.3 Å². The van der Waals surface area contributed by atoms with Gasteiger partial charge in [-0.15, -0.1) is 0 Å². The van der Waals surface area contributed by atoms with Crippen LogP contribution in [0.5, 0.6) is 0 Å². The molecule has 0 radical (unpaired) electrons. The van der Waals surface area contributed by atoms with Crippen LogP contribution in [0, 0.1) is 0 Å². The summed E-state index contributed by atoms with van der Waals surface area (Å²) >= 11 is 0. The van der Waals surface area contributed by atoms with Gasteiger partial charge in [-0.3, -0.25) is 0 Å². The molecule has 1 unspecified atom stereocenters. The molecule has 0 spiro atoms. The van der Waals surface area contributed by atoms with Gasteiger partial charge >= 0.3 is 6.03 Å². The average Bonchev–Trinajstić information content (AvgIpc) is 2.25. The highest BCUT2D eigenvalue weighted by molar-refractivity contribution is 5.89. The number of nitrogens with zero attached hydrogens (tertiary/aromatic N) is 1. The smallest absolute Gasteiger partial charge is 0.319 e. The summed E-state index contributed by atoms with van der Waals surface area (Å²) in [5.41, 5.74) is 6.94. The lowest BCUT2D eigenvalue weighted by atomic mass is 10.3. The summed E-state index contributed by atoms with van der Waals surface area (Å²) in [7, 11) is 3.95. The third-order valence-corrected chi connectivity index (χ3v) is 2.58. The lowest BCUT2D eigenvalue weighted by molar-refractivity contribution is 0.245. The highest BCUT2D eigenvalue weighted by Gasteiger charge is 2.06. The maximum atomic E-state index is 11.6. The molecule has 1 aromatic carbocycles. The van der Waals surface area contributed by atoms with Gasteiger partial charge in [-0.05, 0) is 39.2 Å². The molecule has 0 aliphatic rings. The molecule has 1 aromatic rings. The molecule has 17 heavy (non-hydrogen) atoms. The Morgan fingerprint density at radius 3 is 2.76 bits per heavy atom. The molecule has 0 bridgehead atoms. The molecular weight excluding hydrogens is 216 g/mol. The number of hydrogen-bond acceptors (Lipinski definition) is 3. The van der Waals surface area contributed by atoms with Crippen LogP contribution in [-0.2, 0) is 0 Å². The van der Waals surface area contributed by atoms with Crippen molar-refractivity contribution >= 4 is 17.4 Å². The predicted molar refractivity (Wildman–Crippen MR) is 71.0 cm³/mol. The van der Waals surface area contributed by atoms with Crippen molar-refractivity contribution in [2.24, 2.45) is 0 Å². The molecule has 0 aliphatic heterocycles. The fourth-order valence-electron chi connectivity index (χ4n) is 1.21. The monoisotopic (exact) mass is 236 g/mol. The number of hydrogen-bond donors (Lipinski definition) is 3. The highest BCUT2D eigenvalue weighted by atomic mass is 16.2. The third kappa shape index (κ3) is 4.74. The van der Waals surface area contributed by atoms with E-state index in [-0.39, 0.29) is 6.03 Å². The number of amides is 2. The summed E-state index contributed by atoms with van der Waals surface area (Å²) in [6, 6.07) is 7.16. The van der Waals surface area contributed by atoms with E-state index in [0.717, 1.165) is 0 Å². The summed E-state index contributed by atoms with van der Waals surface area (Å²) in [6.45, 7) is 2.64. The lowest BCUT2D eigenvalue weighted by Crippen LogP contribution is -2.40. The van der Waals surface area contributed by atoms with Crippen LogP contribution in [0.3, 0.4) is 0 Å². The zero-order valence-electron chi connectivity index (χ0n) is 10.5. The van der Waals surface area contributed by atoms with Crippen molar-refractivity contribution in [3.05, 3.63) is 24.3 Å². The number of carbonyl (C=O) groups excluding carboxylic acids is 1. The van der Waals surface area contributed by atoms with Gasteiger partial charge in [-0.25, -0.2) is 4.79 Å². The number of urea groups is 1. The fourth-order valence-corrected chi connectivity index (χ4v) is 1.21. The van der Waals surface area contributed by atoms with Crippen molar-refractivity contribution in [2.45, 2.75) is 13.0 Å². The second-order valence-electron chi connectivity index (χ2n) is 4.27. The molecule has 5 nitrogen and oxygen atoms in total. The Labute approximate surface area is 102 Å². The molecule has 2 amide bonds. The van der Waals surface area contributed by atoms with E-state index >= 15 is 0 Å². The molecule has 0 aliphatic carbocycles. The zero-order chi connectivity index (χ0) is 12.8. The van der Waals surface area contributed by atoms with Crippen molar-refractivity contribution in [2.75, 3.05) is 31.7 Å². The predicted octanol–water partition coefficient (Wildman–Crippen LogP) is 1.34. The van der Waals surface area contributed by atoms with Crippen molar-refractivity contribution in [1.82, 2.24) is 10.2 Å². The Balaban J connectivity index is 2.40. The topological polar surface area (TPSA) is 70.4 Å². The molecule has 5 heteroatoms. The van der Waals surface area contributed by atoms with Crippen LogP contribution in [0.4, 0.5) is 16.2 Å². The average molecular weight is 236 g/mol. The van der Waals surface area contributed by atoms with Gasteiger partial charge in [0.2, 0.25) is 0 Å². The van der Waals surface area contributed by atoms with Gasteiger partial charge in [0, 0.05) is 24.0 Å². The van der Waals surface area contributed by atoms with Crippen LogP contribution >= 0.6 is 0 Å². The van der Waals surface area contributed by atoms with Crippen molar-refractivity contribution < 1.29 is 4.79 Å². The minimum atomic E-state index is -0.218. The minimum Gasteiger partial charge on any atom is -0.399 e. The summed E-state index contributed by atoms with van der Waals surface area (Å²) < 4.78 is 0. The number of nitrogen functional groups attached to an aromatic ring is 1. The molecule has 1 atom stereocenters. The second-order valence-corrected chi connectivity index (χ2v) is 4.27. The summed E-state index contributed by atoms with van der Waals surface area (Å²) in [5.74, 6) is 0. The van der Waals surface area contributed by atoms with Crippen molar-refractivity contribution in [1.29, 1.82) is 0 Å². The van der Waals surface area contributed by atoms with E-state index in [4.69, 9.17) is 5.73 Å². The molecule has 0 fully saturated rings. The quantitative estimate of drug-likeness (QED) is 0.691. The Morgan fingerprint density at radius 1 is 1.47 bits per heavy atom. The highest BCUT2D eigenvalue weighted by Crippen LogP contribution is 2.11. The number of anilines is 2. The first-order chi connectivity index (χ1) is 7.99. The fraction of sp³-hybridized carbons (Fsp3) is 0.417. The number of likely N-dealkylation sites (N-methyl/N-ethyl adjacent to an activating group) is 1. The van der Waals surface area contributed by atoms with E-state index < -0.39 is 0 Å². The van der Waals surface area contributed by atoms with E-state index in [1.54, 1.807) is 24.3 Å². The maximum absolute atomic E-state index is 11.6. The van der Waals surface area contributed by atoms with Crippen molar-refractivity contribution in [3.63, 3.8) is 0 Å². The summed E-state index contributed by atoms with van der Waals surface area (Å²) in [6.07, 6.45) is 0. The normalized spacial score (nSPS) is 12.2. The summed E-state index contributed by atoms with van der Waals surface area (Å²) in [4.78, 5) is 13.6. The molecule has 1 rings (SSSR count). The standard InChI is InChI=1S/C12H20N4O/c1-9(16(2)3)8-14-12(17)15-11-6-4-5-10(13)7-11/h4-7,9H,8,13H2,1-3H3,(H2,14,15,17). The van der Waals surface area contributed by atoms with Gasteiger partial charge < -0.3 is 21.3 Å². The van der Waals surface area contributed by atoms with Crippen LogP contribution in [0.2, 0.25) is 0 Å². The van der Waals surface area contributed by atoms with Crippen LogP contribution in [0.25, 0.3) is 0 Å². The molecular formula is C12H20N4O. The molecule has 4 N–H and O–H groups in total. The van der Waals surface area contributed by atoms with Crippen LogP contribution in [-0.4, -0.2) is 37.6 Å². The van der Waals surface area contributed by atoms with Crippen LogP contribution in [0.1, 0.15) is 6.92 Å². The van der Waals surface area contributed by atoms with E-state index in [1.807, 2.05) is 25.9 Å². The molecule has 94 valence electrons. The van der Waals surface area contributed by atoms with Crippen LogP contribution < -0.4 is 16.4 Å². The Bertz CT molecular complexity index is 379. The Morgan fingerprint density at radius 2 is 2.18 bits per heavy atom. The van der Waals surface area contributed by atoms with Gasteiger partial charge in [0.15, 0.2) is 0 Å². The molecule has 0 saturated heterocycles. The first-order valence-electron chi connectivity index (χ1n) is 5.56. The largest absolute Gasteiger partial charge is 0.399 e. The SMILES string of the molecule is CC(CNC(=O)Nc1cccc(N)c1)N(C)C. The third-order valence-electron chi connectivity index (χ3n) is 2.58.